The number of fused-ring (bicyclic) bond motifs is 1. The Hall–Kier alpha value is -1.03. The molecule has 130 valence electrons. The maximum Gasteiger partial charge on any atom is 0.280 e. The van der Waals surface area contributed by atoms with E-state index in [9.17, 15) is 8.42 Å². The molecule has 1 aromatic heterocycles. The van der Waals surface area contributed by atoms with Crippen LogP contribution in [0.2, 0.25) is 0 Å². The first-order valence-corrected chi connectivity index (χ1v) is 9.69. The van der Waals surface area contributed by atoms with Gasteiger partial charge < -0.3 is 4.74 Å². The third-order valence-electron chi connectivity index (χ3n) is 4.39. The molecule has 2 aliphatic heterocycles. The highest BCUT2D eigenvalue weighted by Gasteiger charge is 2.36. The molecule has 0 unspecified atom stereocenters. The SMILES string of the molecule is CCc1nc2n(n1)CCC[C@@H]2NS(=O)(=O)N1C[C@@H](C)OC[C@@H]1C. The summed E-state index contributed by atoms with van der Waals surface area (Å²) in [6.07, 6.45) is 2.29. The Morgan fingerprint density at radius 3 is 2.91 bits per heavy atom. The molecule has 23 heavy (non-hydrogen) atoms. The molecule has 8 nitrogen and oxygen atoms in total. The molecular formula is C14H25N5O3S. The van der Waals surface area contributed by atoms with Crippen molar-refractivity contribution in [1.29, 1.82) is 0 Å². The zero-order chi connectivity index (χ0) is 16.6. The lowest BCUT2D eigenvalue weighted by molar-refractivity contribution is -0.0176. The van der Waals surface area contributed by atoms with Gasteiger partial charge in [-0.15, -0.1) is 0 Å². The van der Waals surface area contributed by atoms with Gasteiger partial charge in [0.05, 0.1) is 18.8 Å². The summed E-state index contributed by atoms with van der Waals surface area (Å²) in [6.45, 7) is 7.34. The zero-order valence-corrected chi connectivity index (χ0v) is 14.7. The predicted molar refractivity (Wildman–Crippen MR) is 85.0 cm³/mol. The van der Waals surface area contributed by atoms with E-state index in [1.165, 1.54) is 4.31 Å². The van der Waals surface area contributed by atoms with Crippen LogP contribution in [0, 0.1) is 0 Å². The van der Waals surface area contributed by atoms with E-state index in [0.29, 0.717) is 13.2 Å². The van der Waals surface area contributed by atoms with Crippen molar-refractivity contribution in [2.45, 2.75) is 64.8 Å². The Morgan fingerprint density at radius 2 is 2.17 bits per heavy atom. The summed E-state index contributed by atoms with van der Waals surface area (Å²) in [5, 5.41) is 4.43. The molecule has 0 spiro atoms. The topological polar surface area (TPSA) is 89.3 Å². The van der Waals surface area contributed by atoms with Gasteiger partial charge in [-0.3, -0.25) is 0 Å². The standard InChI is InChI=1S/C14H25N5O3S/c1-4-13-15-14-12(6-5-7-18(14)16-13)17-23(20,21)19-8-11(3)22-9-10(19)2/h10-12,17H,4-9H2,1-3H3/t10-,11+,12-/m0/s1. The lowest BCUT2D eigenvalue weighted by Crippen LogP contribution is -2.54. The van der Waals surface area contributed by atoms with Crippen LogP contribution in [-0.4, -0.2) is 52.8 Å². The number of nitrogens with zero attached hydrogens (tertiary/aromatic N) is 4. The molecule has 3 atom stereocenters. The number of rotatable bonds is 4. The first kappa shape index (κ1) is 16.8. The summed E-state index contributed by atoms with van der Waals surface area (Å²) in [5.41, 5.74) is 0. The van der Waals surface area contributed by atoms with E-state index in [1.807, 2.05) is 25.5 Å². The van der Waals surface area contributed by atoms with Crippen molar-refractivity contribution in [3.8, 4) is 0 Å². The van der Waals surface area contributed by atoms with Gasteiger partial charge >= 0.3 is 0 Å². The summed E-state index contributed by atoms with van der Waals surface area (Å²) in [4.78, 5) is 4.50. The van der Waals surface area contributed by atoms with Crippen LogP contribution >= 0.6 is 0 Å². The van der Waals surface area contributed by atoms with E-state index in [4.69, 9.17) is 4.74 Å². The number of hydrogen-bond acceptors (Lipinski definition) is 5. The Morgan fingerprint density at radius 1 is 1.39 bits per heavy atom. The van der Waals surface area contributed by atoms with Crippen LogP contribution in [0.25, 0.3) is 0 Å². The van der Waals surface area contributed by atoms with Crippen molar-refractivity contribution in [2.24, 2.45) is 0 Å². The smallest absolute Gasteiger partial charge is 0.280 e. The number of ether oxygens (including phenoxy) is 1. The molecule has 2 aliphatic rings. The van der Waals surface area contributed by atoms with Crippen molar-refractivity contribution < 1.29 is 13.2 Å². The van der Waals surface area contributed by atoms with E-state index in [2.05, 4.69) is 14.8 Å². The molecule has 1 aromatic rings. The number of nitrogens with one attached hydrogen (secondary N) is 1. The highest BCUT2D eigenvalue weighted by Crippen LogP contribution is 2.25. The molecule has 0 radical (unpaired) electrons. The highest BCUT2D eigenvalue weighted by atomic mass is 32.2. The monoisotopic (exact) mass is 343 g/mol. The van der Waals surface area contributed by atoms with Crippen LogP contribution in [-0.2, 0) is 27.9 Å². The fraction of sp³-hybridized carbons (Fsp3) is 0.857. The van der Waals surface area contributed by atoms with Gasteiger partial charge in [-0.05, 0) is 26.7 Å². The molecule has 0 aliphatic carbocycles. The fourth-order valence-corrected chi connectivity index (χ4v) is 4.78. The molecule has 0 saturated carbocycles. The van der Waals surface area contributed by atoms with Crippen LogP contribution in [0.3, 0.4) is 0 Å². The van der Waals surface area contributed by atoms with E-state index >= 15 is 0 Å². The van der Waals surface area contributed by atoms with Gasteiger partial charge in [0.25, 0.3) is 10.2 Å². The quantitative estimate of drug-likeness (QED) is 0.866. The van der Waals surface area contributed by atoms with E-state index in [-0.39, 0.29) is 18.2 Å². The molecule has 9 heteroatoms. The lowest BCUT2D eigenvalue weighted by Gasteiger charge is -2.36. The second-order valence-electron chi connectivity index (χ2n) is 6.34. The van der Waals surface area contributed by atoms with Gasteiger partial charge in [0.1, 0.15) is 5.82 Å². The van der Waals surface area contributed by atoms with Crippen molar-refractivity contribution >= 4 is 10.2 Å². The Kier molecular flexibility index (Phi) is 4.73. The summed E-state index contributed by atoms with van der Waals surface area (Å²) >= 11 is 0. The molecule has 3 rings (SSSR count). The van der Waals surface area contributed by atoms with E-state index in [0.717, 1.165) is 37.5 Å². The summed E-state index contributed by atoms with van der Waals surface area (Å²) in [7, 11) is -3.58. The Bertz CT molecular complexity index is 659. The molecular weight excluding hydrogens is 318 g/mol. The molecule has 0 aromatic carbocycles. The molecule has 1 saturated heterocycles. The predicted octanol–water partition coefficient (Wildman–Crippen LogP) is 0.619. The van der Waals surface area contributed by atoms with Crippen LogP contribution < -0.4 is 4.72 Å². The number of morpholine rings is 1. The van der Waals surface area contributed by atoms with Crippen molar-refractivity contribution in [3.05, 3.63) is 11.6 Å². The second-order valence-corrected chi connectivity index (χ2v) is 8.00. The number of aromatic nitrogens is 3. The summed E-state index contributed by atoms with van der Waals surface area (Å²) in [6, 6.07) is -0.483. The number of aryl methyl sites for hydroxylation is 2. The summed E-state index contributed by atoms with van der Waals surface area (Å²) in [5.74, 6) is 1.49. The van der Waals surface area contributed by atoms with Gasteiger partial charge in [-0.25, -0.2) is 9.67 Å². The maximum atomic E-state index is 12.8. The van der Waals surface area contributed by atoms with Gasteiger partial charge in [0, 0.05) is 25.6 Å². The second kappa shape index (κ2) is 6.46. The van der Waals surface area contributed by atoms with Gasteiger partial charge in [0.15, 0.2) is 5.82 Å². The molecule has 1 fully saturated rings. The molecule has 1 N–H and O–H groups in total. The van der Waals surface area contributed by atoms with Crippen molar-refractivity contribution in [3.63, 3.8) is 0 Å². The van der Waals surface area contributed by atoms with Crippen LogP contribution in [0.5, 0.6) is 0 Å². The minimum Gasteiger partial charge on any atom is -0.375 e. The minimum atomic E-state index is -3.58. The van der Waals surface area contributed by atoms with Crippen LogP contribution in [0.15, 0.2) is 0 Å². The largest absolute Gasteiger partial charge is 0.375 e. The first-order chi connectivity index (χ1) is 10.9. The Balaban J connectivity index is 1.80. The third-order valence-corrected chi connectivity index (χ3v) is 6.09. The zero-order valence-electron chi connectivity index (χ0n) is 13.9. The molecule has 3 heterocycles. The third kappa shape index (κ3) is 3.42. The normalized spacial score (nSPS) is 29.4. The van der Waals surface area contributed by atoms with E-state index < -0.39 is 10.2 Å². The van der Waals surface area contributed by atoms with Crippen molar-refractivity contribution in [1.82, 2.24) is 23.8 Å². The summed E-state index contributed by atoms with van der Waals surface area (Å²) < 4.78 is 37.3. The fourth-order valence-electron chi connectivity index (χ4n) is 3.12. The first-order valence-electron chi connectivity index (χ1n) is 8.25. The molecule has 0 bridgehead atoms. The average molecular weight is 343 g/mol. The van der Waals surface area contributed by atoms with Gasteiger partial charge in [-0.2, -0.15) is 22.5 Å². The number of hydrogen-bond donors (Lipinski definition) is 1. The molecule has 0 amide bonds. The van der Waals surface area contributed by atoms with E-state index in [1.54, 1.807) is 0 Å². The van der Waals surface area contributed by atoms with Gasteiger partial charge in [-0.1, -0.05) is 6.92 Å². The van der Waals surface area contributed by atoms with Crippen molar-refractivity contribution in [2.75, 3.05) is 13.2 Å². The Labute approximate surface area is 137 Å². The van der Waals surface area contributed by atoms with Crippen LogP contribution in [0.1, 0.15) is 51.3 Å². The van der Waals surface area contributed by atoms with Crippen LogP contribution in [0.4, 0.5) is 0 Å². The lowest BCUT2D eigenvalue weighted by atomic mass is 10.1. The minimum absolute atomic E-state index is 0.0931. The van der Waals surface area contributed by atoms with Gasteiger partial charge in [0.2, 0.25) is 0 Å². The average Bonchev–Trinajstić information content (AvgIpc) is 2.93. The highest BCUT2D eigenvalue weighted by molar-refractivity contribution is 7.87. The maximum absolute atomic E-state index is 12.8.